The van der Waals surface area contributed by atoms with Gasteiger partial charge < -0.3 is 43.9 Å². The molecule has 13 atom stereocenters. The number of carbonyl (C=O) groups is 3. The first-order valence-electron chi connectivity index (χ1n) is 17.9. The van der Waals surface area contributed by atoms with Crippen molar-refractivity contribution < 1.29 is 43.2 Å². The number of Topliss-reactive ketones (excluding diaryl/α,β-unsaturated/α-hetero) is 1. The Hall–Kier alpha value is -1.67. The topological polar surface area (TPSA) is 136 Å². The lowest BCUT2D eigenvalue weighted by Gasteiger charge is -2.47. The summed E-state index contributed by atoms with van der Waals surface area (Å²) in [6, 6.07) is -0.0692. The van der Waals surface area contributed by atoms with Crippen LogP contribution in [-0.4, -0.2) is 134 Å². The van der Waals surface area contributed by atoms with Gasteiger partial charge in [0.2, 0.25) is 0 Å². The molecule has 0 aromatic heterocycles. The number of methoxy groups -OCH3 is 1. The van der Waals surface area contributed by atoms with E-state index in [1.807, 2.05) is 46.8 Å². The number of fused-ring (bicyclic) bond motifs is 1. The molecular formula is C36H65N3O9. The first kappa shape index (κ1) is 40.8. The highest BCUT2D eigenvalue weighted by Crippen LogP contribution is 2.43. The number of ether oxygens (including phenoxy) is 5. The second kappa shape index (κ2) is 16.6. The van der Waals surface area contributed by atoms with E-state index in [0.717, 1.165) is 0 Å². The molecule has 0 spiro atoms. The lowest BCUT2D eigenvalue weighted by molar-refractivity contribution is -0.297. The molecule has 3 saturated heterocycles. The molecule has 12 heteroatoms. The third kappa shape index (κ3) is 8.97. The van der Waals surface area contributed by atoms with Gasteiger partial charge in [0.05, 0.1) is 24.2 Å². The molecule has 3 rings (SSSR count). The molecule has 0 saturated carbocycles. The van der Waals surface area contributed by atoms with Crippen LogP contribution in [0.15, 0.2) is 0 Å². The summed E-state index contributed by atoms with van der Waals surface area (Å²) >= 11 is 0. The van der Waals surface area contributed by atoms with E-state index in [1.54, 1.807) is 21.0 Å². The first-order chi connectivity index (χ1) is 22.3. The molecule has 3 heterocycles. The van der Waals surface area contributed by atoms with Crippen molar-refractivity contribution in [1.29, 1.82) is 0 Å². The number of esters is 2. The minimum Gasteiger partial charge on any atom is -0.458 e. The Morgan fingerprint density at radius 2 is 1.77 bits per heavy atom. The van der Waals surface area contributed by atoms with Crippen LogP contribution in [0.2, 0.25) is 0 Å². The van der Waals surface area contributed by atoms with Gasteiger partial charge in [-0.2, -0.15) is 0 Å². The van der Waals surface area contributed by atoms with Crippen LogP contribution in [0.3, 0.4) is 0 Å². The number of nitrogens with one attached hydrogen (secondary N) is 1. The smallest absolute Gasteiger partial charge is 0.316 e. The van der Waals surface area contributed by atoms with Crippen LogP contribution in [0.4, 0.5) is 0 Å². The van der Waals surface area contributed by atoms with Gasteiger partial charge in [0.15, 0.2) is 17.7 Å². The Morgan fingerprint density at radius 1 is 1.12 bits per heavy atom. The maximum absolute atomic E-state index is 14.2. The predicted molar refractivity (Wildman–Crippen MR) is 182 cm³/mol. The Labute approximate surface area is 288 Å². The minimum absolute atomic E-state index is 0.0669. The molecule has 0 bridgehead atoms. The van der Waals surface area contributed by atoms with Crippen LogP contribution in [0.1, 0.15) is 88.0 Å². The van der Waals surface area contributed by atoms with E-state index in [-0.39, 0.29) is 54.2 Å². The van der Waals surface area contributed by atoms with Crippen molar-refractivity contribution >= 4 is 17.7 Å². The van der Waals surface area contributed by atoms with Crippen LogP contribution in [0.5, 0.6) is 0 Å². The van der Waals surface area contributed by atoms with Crippen molar-refractivity contribution in [2.75, 3.05) is 41.3 Å². The van der Waals surface area contributed by atoms with Crippen LogP contribution in [-0.2, 0) is 38.1 Å². The molecule has 0 aliphatic carbocycles. The lowest BCUT2D eigenvalue weighted by atomic mass is 9.77. The van der Waals surface area contributed by atoms with Gasteiger partial charge >= 0.3 is 11.9 Å². The number of hydrogen-bond donors (Lipinski definition) is 2. The van der Waals surface area contributed by atoms with Crippen molar-refractivity contribution in [3.63, 3.8) is 0 Å². The number of cyclic esters (lactones) is 1. The van der Waals surface area contributed by atoms with Crippen molar-refractivity contribution in [2.24, 2.45) is 23.7 Å². The van der Waals surface area contributed by atoms with Crippen LogP contribution >= 0.6 is 0 Å². The number of aliphatic hydroxyl groups excluding tert-OH is 1. The van der Waals surface area contributed by atoms with Crippen molar-refractivity contribution in [3.8, 4) is 0 Å². The van der Waals surface area contributed by atoms with Gasteiger partial charge in [-0.3, -0.25) is 14.4 Å². The van der Waals surface area contributed by atoms with Crippen LogP contribution in [0, 0.1) is 23.7 Å². The summed E-state index contributed by atoms with van der Waals surface area (Å²) in [7, 11) is 7.47. The Morgan fingerprint density at radius 3 is 2.33 bits per heavy atom. The van der Waals surface area contributed by atoms with Crippen LogP contribution < -0.4 is 5.32 Å². The number of hydrogen-bond acceptors (Lipinski definition) is 12. The molecule has 48 heavy (non-hydrogen) atoms. The SMILES string of the molecule is CC[C@H]1OC(=O)C(C)C(=O)[C@H](C)[C@@H](O[C@@H]2O[C@H](CNC(C)C)CC(N(C)C)[C@H]2O)[C@](C)(OC)C[C@@H](C)CN(C)[C@H](C)[C@H]2CC(=O)O[C@@]21C. The van der Waals surface area contributed by atoms with Crippen molar-refractivity contribution in [3.05, 3.63) is 0 Å². The molecular weight excluding hydrogens is 618 g/mol. The van der Waals surface area contributed by atoms with E-state index < -0.39 is 53.6 Å². The highest BCUT2D eigenvalue weighted by atomic mass is 16.7. The number of nitrogens with zero attached hydrogens (tertiary/aromatic N) is 2. The maximum Gasteiger partial charge on any atom is 0.316 e. The fourth-order valence-electron chi connectivity index (χ4n) is 8.22. The van der Waals surface area contributed by atoms with Gasteiger partial charge in [0, 0.05) is 50.2 Å². The molecule has 0 aromatic rings. The number of likely N-dealkylation sites (N-methyl/N-ethyl adjacent to an activating group) is 1. The largest absolute Gasteiger partial charge is 0.458 e. The fourth-order valence-corrected chi connectivity index (χ4v) is 8.22. The molecule has 0 aromatic carbocycles. The molecule has 278 valence electrons. The highest BCUT2D eigenvalue weighted by Gasteiger charge is 2.56. The van der Waals surface area contributed by atoms with E-state index in [2.05, 4.69) is 37.9 Å². The van der Waals surface area contributed by atoms with Gasteiger partial charge in [-0.25, -0.2) is 0 Å². The quantitative estimate of drug-likeness (QED) is 0.288. The number of rotatable bonds is 8. The molecule has 2 unspecified atom stereocenters. The minimum atomic E-state index is -1.13. The van der Waals surface area contributed by atoms with Gasteiger partial charge in [-0.05, 0) is 74.0 Å². The van der Waals surface area contributed by atoms with Crippen molar-refractivity contribution in [2.45, 2.75) is 148 Å². The lowest BCUT2D eigenvalue weighted by Crippen LogP contribution is -2.60. The Bertz CT molecular complexity index is 1110. The zero-order valence-corrected chi connectivity index (χ0v) is 31.8. The standard InChI is InChI=1S/C36H65N3O9/c1-14-28-36(9)26(16-29(40)48-36)24(7)39(12)19-21(4)17-35(8,44-13)32(22(5)30(41)23(6)33(43)46-28)47-34-31(42)27(38(10)11)15-25(45-34)18-37-20(2)3/h20-28,31-32,34,37,42H,14-19H2,1-13H3/t21-,22+,23?,24-,25+,26-,27?,28-,31-,32-,34+,35-,36+/m1/s1. The normalized spacial score (nSPS) is 42.7. The van der Waals surface area contributed by atoms with E-state index in [4.69, 9.17) is 23.7 Å². The van der Waals surface area contributed by atoms with Gasteiger partial charge in [0.1, 0.15) is 18.1 Å². The monoisotopic (exact) mass is 683 g/mol. The maximum atomic E-state index is 14.2. The third-order valence-corrected chi connectivity index (χ3v) is 11.3. The molecule has 12 nitrogen and oxygen atoms in total. The summed E-state index contributed by atoms with van der Waals surface area (Å²) in [4.78, 5) is 44.8. The van der Waals surface area contributed by atoms with Crippen molar-refractivity contribution in [1.82, 2.24) is 15.1 Å². The zero-order chi connectivity index (χ0) is 36.3. The second-order valence-electron chi connectivity index (χ2n) is 15.7. The van der Waals surface area contributed by atoms with Gasteiger partial charge in [0.25, 0.3) is 0 Å². The number of aliphatic hydroxyl groups is 1. The predicted octanol–water partition coefficient (Wildman–Crippen LogP) is 3.03. The average molecular weight is 684 g/mol. The molecule has 2 N–H and O–H groups in total. The summed E-state index contributed by atoms with van der Waals surface area (Å²) in [5.41, 5.74) is -2.05. The van der Waals surface area contributed by atoms with Gasteiger partial charge in [-0.1, -0.05) is 34.6 Å². The van der Waals surface area contributed by atoms with Crippen LogP contribution in [0.25, 0.3) is 0 Å². The number of carbonyl (C=O) groups excluding carboxylic acids is 3. The Balaban J connectivity index is 2.05. The summed E-state index contributed by atoms with van der Waals surface area (Å²) in [6.07, 6.45) is -2.13. The number of ketones is 1. The molecule has 3 aliphatic heterocycles. The molecule has 0 amide bonds. The summed E-state index contributed by atoms with van der Waals surface area (Å²) in [5.74, 6) is -3.48. The summed E-state index contributed by atoms with van der Waals surface area (Å²) < 4.78 is 31.4. The highest BCUT2D eigenvalue weighted by molar-refractivity contribution is 6.00. The van der Waals surface area contributed by atoms with E-state index in [1.165, 1.54) is 0 Å². The first-order valence-corrected chi connectivity index (χ1v) is 17.9. The Kier molecular flexibility index (Phi) is 14.1. The third-order valence-electron chi connectivity index (χ3n) is 11.3. The second-order valence-corrected chi connectivity index (χ2v) is 15.7. The molecule has 0 radical (unpaired) electrons. The van der Waals surface area contributed by atoms with E-state index in [0.29, 0.717) is 32.4 Å². The summed E-state index contributed by atoms with van der Waals surface area (Å²) in [5, 5.41) is 15.0. The fraction of sp³-hybridized carbons (Fsp3) is 0.917. The average Bonchev–Trinajstić information content (AvgIpc) is 3.33. The van der Waals surface area contributed by atoms with E-state index in [9.17, 15) is 19.5 Å². The zero-order valence-electron chi connectivity index (χ0n) is 31.8. The van der Waals surface area contributed by atoms with E-state index >= 15 is 0 Å². The van der Waals surface area contributed by atoms with Gasteiger partial charge in [-0.15, -0.1) is 0 Å². The molecule has 3 fully saturated rings. The molecule has 3 aliphatic rings. The summed E-state index contributed by atoms with van der Waals surface area (Å²) in [6.45, 7) is 18.5.